The number of hydrogen-bond donors (Lipinski definition) is 4. The van der Waals surface area contributed by atoms with Crippen molar-refractivity contribution in [3.05, 3.63) is 46.5 Å². The molecule has 1 atom stereocenters. The Morgan fingerprint density at radius 2 is 1.74 bits per heavy atom. The lowest BCUT2D eigenvalue weighted by molar-refractivity contribution is 0.0689. The van der Waals surface area contributed by atoms with Gasteiger partial charge in [0, 0.05) is 17.2 Å². The van der Waals surface area contributed by atoms with Crippen molar-refractivity contribution in [3.63, 3.8) is 0 Å². The van der Waals surface area contributed by atoms with Gasteiger partial charge in [0.25, 0.3) is 0 Å². The van der Waals surface area contributed by atoms with Crippen LogP contribution in [-0.4, -0.2) is 46.0 Å². The summed E-state index contributed by atoms with van der Waals surface area (Å²) in [5.41, 5.74) is 1.19. The van der Waals surface area contributed by atoms with Crippen LogP contribution in [-0.2, 0) is 6.42 Å². The number of rotatable bonds is 9. The van der Waals surface area contributed by atoms with Crippen LogP contribution in [0.1, 0.15) is 74.0 Å². The molecule has 0 aliphatic carbocycles. The van der Waals surface area contributed by atoms with E-state index in [0.717, 1.165) is 18.4 Å². The molecule has 35 heavy (non-hydrogen) atoms. The van der Waals surface area contributed by atoms with E-state index in [2.05, 4.69) is 0 Å². The number of aromatic hydroxyl groups is 3. The van der Waals surface area contributed by atoms with Crippen LogP contribution in [0.3, 0.4) is 0 Å². The molecule has 0 fully saturated rings. The lowest BCUT2D eigenvalue weighted by Gasteiger charge is -2.27. The van der Waals surface area contributed by atoms with Crippen molar-refractivity contribution < 1.29 is 39.4 Å². The van der Waals surface area contributed by atoms with E-state index in [4.69, 9.17) is 14.2 Å². The summed E-state index contributed by atoms with van der Waals surface area (Å²) in [5.74, 6) is -0.515. The Morgan fingerprint density at radius 1 is 1.11 bits per heavy atom. The first-order valence-electron chi connectivity index (χ1n) is 11.6. The van der Waals surface area contributed by atoms with Gasteiger partial charge in [-0.25, -0.2) is 0 Å². The number of hydrogen-bond acceptors (Lipinski definition) is 8. The van der Waals surface area contributed by atoms with Crippen molar-refractivity contribution in [2.75, 3.05) is 14.2 Å². The topological polar surface area (TPSA) is 126 Å². The number of carbonyl (C=O) groups is 1. The maximum absolute atomic E-state index is 13.0. The number of benzene rings is 2. The fourth-order valence-electron chi connectivity index (χ4n) is 4.17. The summed E-state index contributed by atoms with van der Waals surface area (Å²) in [4.78, 5) is 13.0. The third-order valence-corrected chi connectivity index (χ3v) is 6.15. The second-order valence-corrected chi connectivity index (χ2v) is 9.52. The number of carbonyl (C=O) groups excluding carboxylic acids is 1. The normalized spacial score (nSPS) is 16.0. The molecule has 1 heterocycles. The summed E-state index contributed by atoms with van der Waals surface area (Å²) in [7, 11) is 2.81. The standard InChI is InChI=1S/C27H34O8/c1-15(7-6-10-27(2,3)32)8-9-17-18(28)13-21-24(25(17)30)19(29)14-20(35-21)16-11-22(33-4)26(31)23(12-16)34-5/h8,11-13,20,28,30-32H,6-7,9-10,14H2,1-5H3/b15-8+/t20-/m0/s1. The predicted molar refractivity (Wildman–Crippen MR) is 131 cm³/mol. The van der Waals surface area contributed by atoms with Crippen LogP contribution in [0.4, 0.5) is 0 Å². The predicted octanol–water partition coefficient (Wildman–Crippen LogP) is 4.96. The third kappa shape index (κ3) is 6.00. The van der Waals surface area contributed by atoms with Crippen LogP contribution in [0.25, 0.3) is 0 Å². The molecule has 0 saturated carbocycles. The van der Waals surface area contributed by atoms with Crippen molar-refractivity contribution >= 4 is 5.78 Å². The first-order chi connectivity index (χ1) is 16.4. The van der Waals surface area contributed by atoms with Gasteiger partial charge in [0.1, 0.15) is 28.9 Å². The molecule has 8 nitrogen and oxygen atoms in total. The summed E-state index contributed by atoms with van der Waals surface area (Å²) < 4.78 is 16.4. The quantitative estimate of drug-likeness (QED) is 0.367. The molecule has 2 aromatic rings. The van der Waals surface area contributed by atoms with Gasteiger partial charge in [-0.05, 0) is 58.6 Å². The van der Waals surface area contributed by atoms with E-state index >= 15 is 0 Å². The van der Waals surface area contributed by atoms with Gasteiger partial charge < -0.3 is 34.6 Å². The number of phenols is 3. The van der Waals surface area contributed by atoms with E-state index in [1.54, 1.807) is 26.0 Å². The molecule has 4 N–H and O–H groups in total. The molecule has 190 valence electrons. The fourth-order valence-corrected chi connectivity index (χ4v) is 4.17. The Bertz CT molecular complexity index is 1100. The molecule has 0 spiro atoms. The summed E-state index contributed by atoms with van der Waals surface area (Å²) in [6.45, 7) is 5.50. The van der Waals surface area contributed by atoms with Crippen molar-refractivity contribution in [1.29, 1.82) is 0 Å². The minimum Gasteiger partial charge on any atom is -0.507 e. The van der Waals surface area contributed by atoms with Gasteiger partial charge in [0.05, 0.1) is 26.2 Å². The molecule has 0 bridgehead atoms. The van der Waals surface area contributed by atoms with Crippen molar-refractivity contribution in [2.45, 2.75) is 64.6 Å². The molecule has 0 amide bonds. The van der Waals surface area contributed by atoms with Crippen LogP contribution in [0.5, 0.6) is 34.5 Å². The third-order valence-electron chi connectivity index (χ3n) is 6.15. The number of phenolic OH excluding ortho intramolecular Hbond substituents is 3. The SMILES string of the molecule is COc1cc([C@@H]2CC(=O)c3c(cc(O)c(C/C=C(\C)CCCC(C)(C)O)c3O)O2)cc(OC)c1O. The van der Waals surface area contributed by atoms with E-state index in [0.29, 0.717) is 12.0 Å². The Kier molecular flexibility index (Phi) is 7.85. The van der Waals surface area contributed by atoms with E-state index in [-0.39, 0.29) is 64.2 Å². The molecule has 2 aromatic carbocycles. The maximum Gasteiger partial charge on any atom is 0.200 e. The number of fused-ring (bicyclic) bond motifs is 1. The van der Waals surface area contributed by atoms with Gasteiger partial charge in [0.15, 0.2) is 17.3 Å². The first kappa shape index (κ1) is 26.2. The molecule has 0 saturated heterocycles. The molecule has 0 aromatic heterocycles. The molecule has 3 rings (SSSR count). The minimum absolute atomic E-state index is 0.0415. The number of methoxy groups -OCH3 is 2. The number of Topliss-reactive ketones (excluding diaryl/α,β-unsaturated/α-hetero) is 1. The number of aliphatic hydroxyl groups is 1. The highest BCUT2D eigenvalue weighted by atomic mass is 16.5. The number of allylic oxidation sites excluding steroid dienone is 2. The Labute approximate surface area is 205 Å². The zero-order valence-electron chi connectivity index (χ0n) is 20.8. The van der Waals surface area contributed by atoms with Crippen molar-refractivity contribution in [2.24, 2.45) is 0 Å². The highest BCUT2D eigenvalue weighted by Crippen LogP contribution is 2.47. The molecule has 8 heteroatoms. The van der Waals surface area contributed by atoms with Crippen LogP contribution in [0, 0.1) is 0 Å². The number of ether oxygens (including phenoxy) is 3. The zero-order valence-corrected chi connectivity index (χ0v) is 20.8. The van der Waals surface area contributed by atoms with Crippen LogP contribution in [0.2, 0.25) is 0 Å². The van der Waals surface area contributed by atoms with E-state index in [1.165, 1.54) is 20.3 Å². The van der Waals surface area contributed by atoms with E-state index in [1.807, 2.05) is 13.0 Å². The zero-order chi connectivity index (χ0) is 25.9. The Morgan fingerprint density at radius 3 is 2.31 bits per heavy atom. The molecule has 1 aliphatic rings. The van der Waals surface area contributed by atoms with Gasteiger partial charge >= 0.3 is 0 Å². The van der Waals surface area contributed by atoms with Crippen LogP contribution < -0.4 is 14.2 Å². The Hall–Kier alpha value is -3.39. The van der Waals surface area contributed by atoms with Crippen molar-refractivity contribution in [1.82, 2.24) is 0 Å². The fraction of sp³-hybridized carbons (Fsp3) is 0.444. The van der Waals surface area contributed by atoms with Crippen molar-refractivity contribution in [3.8, 4) is 34.5 Å². The average molecular weight is 487 g/mol. The Balaban J connectivity index is 1.84. The lowest BCUT2D eigenvalue weighted by Crippen LogP contribution is -2.21. The smallest absolute Gasteiger partial charge is 0.200 e. The second kappa shape index (κ2) is 10.5. The highest BCUT2D eigenvalue weighted by Gasteiger charge is 2.33. The average Bonchev–Trinajstić information content (AvgIpc) is 2.77. The summed E-state index contributed by atoms with van der Waals surface area (Å²) >= 11 is 0. The van der Waals surface area contributed by atoms with Crippen LogP contribution >= 0.6 is 0 Å². The van der Waals surface area contributed by atoms with Gasteiger partial charge in [-0.1, -0.05) is 11.6 Å². The maximum atomic E-state index is 13.0. The van der Waals surface area contributed by atoms with Gasteiger partial charge in [-0.3, -0.25) is 4.79 Å². The summed E-state index contributed by atoms with van der Waals surface area (Å²) in [6, 6.07) is 4.46. The highest BCUT2D eigenvalue weighted by molar-refractivity contribution is 6.03. The molecule has 0 radical (unpaired) electrons. The molecule has 0 unspecified atom stereocenters. The summed E-state index contributed by atoms with van der Waals surface area (Å²) in [6.07, 6.45) is 3.64. The largest absolute Gasteiger partial charge is 0.507 e. The van der Waals surface area contributed by atoms with Gasteiger partial charge in [0.2, 0.25) is 5.75 Å². The monoisotopic (exact) mass is 486 g/mol. The van der Waals surface area contributed by atoms with Crippen LogP contribution in [0.15, 0.2) is 29.8 Å². The number of ketones is 1. The second-order valence-electron chi connectivity index (χ2n) is 9.52. The van der Waals surface area contributed by atoms with E-state index < -0.39 is 11.7 Å². The van der Waals surface area contributed by atoms with Gasteiger partial charge in [-0.2, -0.15) is 0 Å². The molecular weight excluding hydrogens is 452 g/mol. The minimum atomic E-state index is -0.721. The van der Waals surface area contributed by atoms with E-state index in [9.17, 15) is 25.2 Å². The lowest BCUT2D eigenvalue weighted by atomic mass is 9.92. The van der Waals surface area contributed by atoms with Gasteiger partial charge in [-0.15, -0.1) is 0 Å². The first-order valence-corrected chi connectivity index (χ1v) is 11.6. The molecule has 1 aliphatic heterocycles. The summed E-state index contributed by atoms with van der Waals surface area (Å²) in [5, 5.41) is 41.5. The molecular formula is C27H34O8.